The average Bonchev–Trinajstić information content (AvgIpc) is 2.88. The van der Waals surface area contributed by atoms with Crippen LogP contribution in [0.2, 0.25) is 0 Å². The Morgan fingerprint density at radius 2 is 1.96 bits per heavy atom. The van der Waals surface area contributed by atoms with Gasteiger partial charge in [0.15, 0.2) is 11.5 Å². The molecule has 1 aromatic rings. The second kappa shape index (κ2) is 7.15. The maximum atomic E-state index is 12.1. The fourth-order valence-electron chi connectivity index (χ4n) is 4.40. The zero-order chi connectivity index (χ0) is 18.9. The largest absolute Gasteiger partial charge is 0.493 e. The molecule has 0 aliphatic carbocycles. The number of para-hydroxylation sites is 1. The Balaban J connectivity index is 1.73. The third-order valence-corrected chi connectivity index (χ3v) is 5.97. The van der Waals surface area contributed by atoms with Crippen LogP contribution >= 0.6 is 0 Å². The number of carboxylic acid groups (broad SMARTS) is 1. The Morgan fingerprint density at radius 1 is 1.27 bits per heavy atom. The molecule has 2 fully saturated rings. The number of hydrogen-bond acceptors (Lipinski definition) is 5. The van der Waals surface area contributed by atoms with E-state index in [9.17, 15) is 14.7 Å². The Bertz CT molecular complexity index is 697. The third kappa shape index (κ3) is 3.00. The maximum absolute atomic E-state index is 12.1. The summed E-state index contributed by atoms with van der Waals surface area (Å²) in [6.07, 6.45) is 1.44. The molecule has 2 saturated heterocycles. The predicted octanol–water partition coefficient (Wildman–Crippen LogP) is 1.60. The van der Waals surface area contributed by atoms with Gasteiger partial charge >= 0.3 is 5.97 Å². The normalized spacial score (nSPS) is 22.7. The van der Waals surface area contributed by atoms with Crippen molar-refractivity contribution in [3.05, 3.63) is 23.8 Å². The van der Waals surface area contributed by atoms with Crippen LogP contribution in [0.4, 0.5) is 0 Å². The molecule has 2 aliphatic rings. The van der Waals surface area contributed by atoms with Crippen molar-refractivity contribution in [1.82, 2.24) is 9.80 Å². The Labute approximate surface area is 153 Å². The lowest BCUT2D eigenvalue weighted by atomic mass is 9.77. The second-order valence-electron chi connectivity index (χ2n) is 7.08. The number of nitrogens with zero attached hydrogens (tertiary/aromatic N) is 2. The van der Waals surface area contributed by atoms with Crippen molar-refractivity contribution in [2.75, 3.05) is 34.4 Å². The minimum atomic E-state index is -0.870. The molecule has 7 heteroatoms. The summed E-state index contributed by atoms with van der Waals surface area (Å²) >= 11 is 0. The molecule has 2 heterocycles. The van der Waals surface area contributed by atoms with Gasteiger partial charge in [-0.2, -0.15) is 0 Å². The number of benzene rings is 1. The highest BCUT2D eigenvalue weighted by molar-refractivity contribution is 5.88. The zero-order valence-electron chi connectivity index (χ0n) is 15.5. The number of carbonyl (C=O) groups excluding carboxylic acids is 1. The van der Waals surface area contributed by atoms with E-state index in [1.807, 2.05) is 18.2 Å². The molecule has 26 heavy (non-hydrogen) atoms. The minimum Gasteiger partial charge on any atom is -0.493 e. The second-order valence-corrected chi connectivity index (χ2v) is 7.08. The minimum absolute atomic E-state index is 0.0692. The molecule has 142 valence electrons. The number of likely N-dealkylation sites (tertiary alicyclic amines) is 2. The number of methoxy groups -OCH3 is 2. The van der Waals surface area contributed by atoms with Crippen molar-refractivity contribution in [2.45, 2.75) is 31.3 Å². The molecule has 1 atom stereocenters. The molecule has 3 rings (SSSR count). The van der Waals surface area contributed by atoms with Gasteiger partial charge in [-0.1, -0.05) is 12.1 Å². The van der Waals surface area contributed by atoms with Gasteiger partial charge in [0.25, 0.3) is 0 Å². The van der Waals surface area contributed by atoms with E-state index >= 15 is 0 Å². The first-order valence-electron chi connectivity index (χ1n) is 8.84. The first kappa shape index (κ1) is 18.5. The summed E-state index contributed by atoms with van der Waals surface area (Å²) in [5.74, 6) is -0.128. The quantitative estimate of drug-likeness (QED) is 0.857. The molecular weight excluding hydrogens is 336 g/mol. The number of hydrogen-bond donors (Lipinski definition) is 1. The number of rotatable bonds is 5. The molecule has 0 bridgehead atoms. The van der Waals surface area contributed by atoms with Crippen LogP contribution in [0.3, 0.4) is 0 Å². The van der Waals surface area contributed by atoms with E-state index < -0.39 is 17.4 Å². The fourth-order valence-corrected chi connectivity index (χ4v) is 4.40. The van der Waals surface area contributed by atoms with Gasteiger partial charge in [-0.25, -0.2) is 0 Å². The number of piperidine rings is 1. The smallest absolute Gasteiger partial charge is 0.309 e. The fraction of sp³-hybridized carbons (Fsp3) is 0.579. The van der Waals surface area contributed by atoms with Crippen molar-refractivity contribution in [3.8, 4) is 11.5 Å². The van der Waals surface area contributed by atoms with Crippen LogP contribution in [0.1, 0.15) is 24.8 Å². The lowest BCUT2D eigenvalue weighted by molar-refractivity contribution is -0.146. The standard InChI is InChI=1S/C19H26N2O5/c1-20-16(22)11-14(18(23)24)19(20)7-9-21(10-8-19)12-13-5-4-6-15(25-2)17(13)26-3/h4-6,14H,7-12H2,1-3H3,(H,23,24)/t14-/m1/s1. The van der Waals surface area contributed by atoms with E-state index in [0.29, 0.717) is 25.1 Å². The molecule has 1 aromatic carbocycles. The summed E-state index contributed by atoms with van der Waals surface area (Å²) in [6.45, 7) is 2.18. The SMILES string of the molecule is COc1cccc(CN2CCC3(CC2)[C@@H](C(=O)O)CC(=O)N3C)c1OC. The molecule has 0 unspecified atom stereocenters. The topological polar surface area (TPSA) is 79.3 Å². The van der Waals surface area contributed by atoms with E-state index in [4.69, 9.17) is 9.47 Å². The van der Waals surface area contributed by atoms with Crippen LogP contribution < -0.4 is 9.47 Å². The number of amides is 1. The molecule has 1 spiro atoms. The van der Waals surface area contributed by atoms with Crippen molar-refractivity contribution >= 4 is 11.9 Å². The molecule has 0 radical (unpaired) electrons. The predicted molar refractivity (Wildman–Crippen MR) is 95.3 cm³/mol. The molecule has 2 aliphatic heterocycles. The summed E-state index contributed by atoms with van der Waals surface area (Å²) in [4.78, 5) is 27.7. The van der Waals surface area contributed by atoms with Crippen molar-refractivity contribution in [1.29, 1.82) is 0 Å². The summed E-state index contributed by atoms with van der Waals surface area (Å²) in [5, 5.41) is 9.57. The van der Waals surface area contributed by atoms with E-state index in [-0.39, 0.29) is 12.3 Å². The van der Waals surface area contributed by atoms with E-state index in [2.05, 4.69) is 4.90 Å². The molecule has 1 N–H and O–H groups in total. The van der Waals surface area contributed by atoms with Gasteiger partial charge < -0.3 is 19.5 Å². The van der Waals surface area contributed by atoms with E-state index in [1.165, 1.54) is 0 Å². The number of ether oxygens (including phenoxy) is 2. The average molecular weight is 362 g/mol. The molecular formula is C19H26N2O5. The highest BCUT2D eigenvalue weighted by atomic mass is 16.5. The van der Waals surface area contributed by atoms with E-state index in [0.717, 1.165) is 24.4 Å². The summed E-state index contributed by atoms with van der Waals surface area (Å²) in [5.41, 5.74) is 0.478. The molecule has 1 amide bonds. The third-order valence-electron chi connectivity index (χ3n) is 5.97. The molecule has 0 aromatic heterocycles. The van der Waals surface area contributed by atoms with Crippen LogP contribution in [-0.4, -0.2) is 66.7 Å². The van der Waals surface area contributed by atoms with Gasteiger partial charge in [0, 0.05) is 38.7 Å². The Morgan fingerprint density at radius 3 is 2.54 bits per heavy atom. The van der Waals surface area contributed by atoms with Gasteiger partial charge in [0.05, 0.1) is 25.7 Å². The van der Waals surface area contributed by atoms with Gasteiger partial charge in [-0.15, -0.1) is 0 Å². The highest BCUT2D eigenvalue weighted by Crippen LogP contribution is 2.43. The summed E-state index contributed by atoms with van der Waals surface area (Å²) in [6, 6.07) is 5.81. The number of carbonyl (C=O) groups is 2. The number of aliphatic carboxylic acids is 1. The highest BCUT2D eigenvalue weighted by Gasteiger charge is 2.55. The van der Waals surface area contributed by atoms with E-state index in [1.54, 1.807) is 26.2 Å². The van der Waals surface area contributed by atoms with Gasteiger partial charge in [-0.3, -0.25) is 14.5 Å². The zero-order valence-corrected chi connectivity index (χ0v) is 15.5. The van der Waals surface area contributed by atoms with Crippen LogP contribution in [0.25, 0.3) is 0 Å². The van der Waals surface area contributed by atoms with Gasteiger partial charge in [0.1, 0.15) is 0 Å². The van der Waals surface area contributed by atoms with Crippen molar-refractivity contribution < 1.29 is 24.2 Å². The maximum Gasteiger partial charge on any atom is 0.309 e. The van der Waals surface area contributed by atoms with Crippen LogP contribution in [0, 0.1) is 5.92 Å². The lowest BCUT2D eigenvalue weighted by Crippen LogP contribution is -2.55. The molecule has 7 nitrogen and oxygen atoms in total. The van der Waals surface area contributed by atoms with Crippen LogP contribution in [0.5, 0.6) is 11.5 Å². The van der Waals surface area contributed by atoms with Crippen LogP contribution in [0.15, 0.2) is 18.2 Å². The first-order valence-corrected chi connectivity index (χ1v) is 8.84. The van der Waals surface area contributed by atoms with Crippen molar-refractivity contribution in [2.24, 2.45) is 5.92 Å². The van der Waals surface area contributed by atoms with Gasteiger partial charge in [-0.05, 0) is 18.9 Å². The first-order chi connectivity index (χ1) is 12.4. The van der Waals surface area contributed by atoms with Crippen LogP contribution in [-0.2, 0) is 16.1 Å². The number of carboxylic acids is 1. The molecule has 0 saturated carbocycles. The summed E-state index contributed by atoms with van der Waals surface area (Å²) in [7, 11) is 4.99. The summed E-state index contributed by atoms with van der Waals surface area (Å²) < 4.78 is 10.9. The van der Waals surface area contributed by atoms with Crippen molar-refractivity contribution in [3.63, 3.8) is 0 Å². The lowest BCUT2D eigenvalue weighted by Gasteiger charge is -2.45. The Hall–Kier alpha value is -2.28. The monoisotopic (exact) mass is 362 g/mol. The van der Waals surface area contributed by atoms with Gasteiger partial charge in [0.2, 0.25) is 5.91 Å². The Kier molecular flexibility index (Phi) is 5.09.